The monoisotopic (exact) mass is 280 g/mol. The normalized spacial score (nSPS) is 36.6. The van der Waals surface area contributed by atoms with E-state index in [1.54, 1.807) is 0 Å². The maximum absolute atomic E-state index is 12.6. The van der Waals surface area contributed by atoms with Gasteiger partial charge in [0.05, 0.1) is 17.9 Å². The molecule has 2 aliphatic heterocycles. The molecule has 1 saturated carbocycles. The first-order valence-electron chi connectivity index (χ1n) is 7.39. The molecule has 2 amide bonds. The van der Waals surface area contributed by atoms with Gasteiger partial charge in [0.2, 0.25) is 11.8 Å². The van der Waals surface area contributed by atoms with Gasteiger partial charge < -0.3 is 15.3 Å². The van der Waals surface area contributed by atoms with Crippen molar-refractivity contribution in [2.24, 2.45) is 17.8 Å². The molecule has 2 saturated heterocycles. The second kappa shape index (κ2) is 5.07. The molecule has 4 atom stereocenters. The molecule has 2 heterocycles. The second-order valence-electron chi connectivity index (χ2n) is 6.14. The van der Waals surface area contributed by atoms with Crippen LogP contribution in [-0.2, 0) is 14.4 Å². The summed E-state index contributed by atoms with van der Waals surface area (Å²) in [5.74, 6) is -1.31. The summed E-state index contributed by atoms with van der Waals surface area (Å²) >= 11 is 0. The Morgan fingerprint density at radius 1 is 1.20 bits per heavy atom. The van der Waals surface area contributed by atoms with E-state index in [0.29, 0.717) is 32.4 Å². The van der Waals surface area contributed by atoms with E-state index in [2.05, 4.69) is 5.32 Å². The maximum atomic E-state index is 12.6. The van der Waals surface area contributed by atoms with Crippen molar-refractivity contribution in [3.8, 4) is 0 Å². The molecular weight excluding hydrogens is 260 g/mol. The van der Waals surface area contributed by atoms with Gasteiger partial charge in [-0.25, -0.2) is 0 Å². The predicted molar refractivity (Wildman–Crippen MR) is 69.7 cm³/mol. The van der Waals surface area contributed by atoms with Gasteiger partial charge >= 0.3 is 5.97 Å². The number of fused-ring (bicyclic) bond motifs is 1. The number of likely N-dealkylation sites (tertiary alicyclic amines) is 1. The van der Waals surface area contributed by atoms with Gasteiger partial charge in [0.15, 0.2) is 0 Å². The highest BCUT2D eigenvalue weighted by Crippen LogP contribution is 2.35. The van der Waals surface area contributed by atoms with Gasteiger partial charge in [-0.05, 0) is 32.1 Å². The molecule has 6 nitrogen and oxygen atoms in total. The van der Waals surface area contributed by atoms with Crippen LogP contribution in [0.2, 0.25) is 0 Å². The fourth-order valence-electron chi connectivity index (χ4n) is 3.89. The minimum Gasteiger partial charge on any atom is -0.481 e. The van der Waals surface area contributed by atoms with Crippen LogP contribution in [0.25, 0.3) is 0 Å². The van der Waals surface area contributed by atoms with Crippen LogP contribution in [0, 0.1) is 17.8 Å². The van der Waals surface area contributed by atoms with Gasteiger partial charge in [0, 0.05) is 19.0 Å². The molecule has 2 N–H and O–H groups in total. The first kappa shape index (κ1) is 13.4. The van der Waals surface area contributed by atoms with Crippen LogP contribution in [0.15, 0.2) is 0 Å². The number of nitrogens with zero attached hydrogens (tertiary/aromatic N) is 1. The zero-order valence-electron chi connectivity index (χ0n) is 11.4. The number of amides is 2. The number of carbonyl (C=O) groups is 3. The molecular formula is C14H20N2O4. The third-order valence-electron chi connectivity index (χ3n) is 5.02. The first-order chi connectivity index (χ1) is 9.58. The fourth-order valence-corrected chi connectivity index (χ4v) is 3.89. The number of hydrogen-bond acceptors (Lipinski definition) is 3. The molecule has 3 rings (SSSR count). The van der Waals surface area contributed by atoms with E-state index in [9.17, 15) is 14.4 Å². The predicted octanol–water partition coefficient (Wildman–Crippen LogP) is 0.224. The van der Waals surface area contributed by atoms with E-state index in [-0.39, 0.29) is 35.6 Å². The minimum atomic E-state index is -0.797. The molecule has 6 heteroatoms. The SMILES string of the molecule is O=C1NCC2C1CCCN2C(=O)[C@@H]1CC[C@H](C(=O)O)C1. The molecule has 0 spiro atoms. The van der Waals surface area contributed by atoms with Crippen molar-refractivity contribution in [1.29, 1.82) is 0 Å². The summed E-state index contributed by atoms with van der Waals surface area (Å²) < 4.78 is 0. The van der Waals surface area contributed by atoms with Crippen LogP contribution < -0.4 is 5.32 Å². The highest BCUT2D eigenvalue weighted by molar-refractivity contribution is 5.86. The van der Waals surface area contributed by atoms with Crippen molar-refractivity contribution in [2.75, 3.05) is 13.1 Å². The average Bonchev–Trinajstić information content (AvgIpc) is 3.05. The molecule has 2 unspecified atom stereocenters. The van der Waals surface area contributed by atoms with Gasteiger partial charge in [-0.2, -0.15) is 0 Å². The first-order valence-corrected chi connectivity index (χ1v) is 7.39. The lowest BCUT2D eigenvalue weighted by Crippen LogP contribution is -2.50. The van der Waals surface area contributed by atoms with E-state index >= 15 is 0 Å². The summed E-state index contributed by atoms with van der Waals surface area (Å²) in [4.78, 5) is 37.2. The van der Waals surface area contributed by atoms with E-state index < -0.39 is 5.97 Å². The van der Waals surface area contributed by atoms with Gasteiger partial charge in [0.25, 0.3) is 0 Å². The number of nitrogens with one attached hydrogen (secondary N) is 1. The fraction of sp³-hybridized carbons (Fsp3) is 0.786. The Hall–Kier alpha value is -1.59. The minimum absolute atomic E-state index is 0.0207. The molecule has 0 aromatic carbocycles. The number of carbonyl (C=O) groups excluding carboxylic acids is 2. The molecule has 0 aromatic heterocycles. The number of aliphatic carboxylic acids is 1. The molecule has 110 valence electrons. The lowest BCUT2D eigenvalue weighted by atomic mass is 9.90. The number of piperidine rings is 1. The summed E-state index contributed by atoms with van der Waals surface area (Å²) in [7, 11) is 0. The van der Waals surface area contributed by atoms with Crippen LogP contribution in [0.4, 0.5) is 0 Å². The molecule has 20 heavy (non-hydrogen) atoms. The van der Waals surface area contributed by atoms with Gasteiger partial charge in [0.1, 0.15) is 0 Å². The summed E-state index contributed by atoms with van der Waals surface area (Å²) in [6.07, 6.45) is 3.40. The van der Waals surface area contributed by atoms with Crippen molar-refractivity contribution in [3.63, 3.8) is 0 Å². The number of carboxylic acids is 1. The summed E-state index contributed by atoms with van der Waals surface area (Å²) in [5.41, 5.74) is 0. The Balaban J connectivity index is 1.68. The lowest BCUT2D eigenvalue weighted by Gasteiger charge is -2.37. The summed E-state index contributed by atoms with van der Waals surface area (Å²) in [5, 5.41) is 11.9. The molecule has 0 aromatic rings. The molecule has 0 radical (unpaired) electrons. The molecule has 0 bridgehead atoms. The summed E-state index contributed by atoms with van der Waals surface area (Å²) in [6.45, 7) is 1.24. The largest absolute Gasteiger partial charge is 0.481 e. The highest BCUT2D eigenvalue weighted by Gasteiger charge is 2.45. The van der Waals surface area contributed by atoms with Gasteiger partial charge in [-0.3, -0.25) is 14.4 Å². The number of hydrogen-bond donors (Lipinski definition) is 2. The van der Waals surface area contributed by atoms with Crippen LogP contribution >= 0.6 is 0 Å². The standard InChI is InChI=1S/C14H20N2O4/c17-12-10-2-1-5-16(11(10)7-15-12)13(18)8-3-4-9(6-8)14(19)20/h8-11H,1-7H2,(H,15,17)(H,19,20)/t8-,9+,10?,11?/m1/s1. The van der Waals surface area contributed by atoms with Crippen molar-refractivity contribution < 1.29 is 19.5 Å². The zero-order valence-corrected chi connectivity index (χ0v) is 11.4. The van der Waals surface area contributed by atoms with Crippen molar-refractivity contribution >= 4 is 17.8 Å². The molecule has 3 fully saturated rings. The Bertz CT molecular complexity index is 450. The third kappa shape index (κ3) is 2.17. The van der Waals surface area contributed by atoms with Gasteiger partial charge in [-0.1, -0.05) is 0 Å². The van der Waals surface area contributed by atoms with Crippen molar-refractivity contribution in [1.82, 2.24) is 10.2 Å². The van der Waals surface area contributed by atoms with Crippen LogP contribution in [0.5, 0.6) is 0 Å². The smallest absolute Gasteiger partial charge is 0.306 e. The van der Waals surface area contributed by atoms with E-state index in [1.807, 2.05) is 4.90 Å². The molecule has 3 aliphatic rings. The Kier molecular flexibility index (Phi) is 3.40. The highest BCUT2D eigenvalue weighted by atomic mass is 16.4. The van der Waals surface area contributed by atoms with E-state index in [4.69, 9.17) is 5.11 Å². The van der Waals surface area contributed by atoms with Crippen molar-refractivity contribution in [3.05, 3.63) is 0 Å². The zero-order chi connectivity index (χ0) is 14.3. The van der Waals surface area contributed by atoms with Crippen LogP contribution in [0.1, 0.15) is 32.1 Å². The lowest BCUT2D eigenvalue weighted by molar-refractivity contribution is -0.142. The quantitative estimate of drug-likeness (QED) is 0.758. The topological polar surface area (TPSA) is 86.7 Å². The Labute approximate surface area is 117 Å². The van der Waals surface area contributed by atoms with Crippen LogP contribution in [-0.4, -0.2) is 46.9 Å². The summed E-state index contributed by atoms with van der Waals surface area (Å²) in [6, 6.07) is -0.0207. The Morgan fingerprint density at radius 3 is 2.65 bits per heavy atom. The Morgan fingerprint density at radius 2 is 1.95 bits per heavy atom. The molecule has 1 aliphatic carbocycles. The third-order valence-corrected chi connectivity index (χ3v) is 5.02. The average molecular weight is 280 g/mol. The number of carboxylic acid groups (broad SMARTS) is 1. The number of rotatable bonds is 2. The van der Waals surface area contributed by atoms with Crippen LogP contribution in [0.3, 0.4) is 0 Å². The van der Waals surface area contributed by atoms with Gasteiger partial charge in [-0.15, -0.1) is 0 Å². The van der Waals surface area contributed by atoms with E-state index in [0.717, 1.165) is 12.8 Å². The van der Waals surface area contributed by atoms with E-state index in [1.165, 1.54) is 0 Å². The van der Waals surface area contributed by atoms with Crippen molar-refractivity contribution in [2.45, 2.75) is 38.1 Å². The second-order valence-corrected chi connectivity index (χ2v) is 6.14. The maximum Gasteiger partial charge on any atom is 0.306 e.